The molecule has 3 heteroatoms. The number of hydrogen-bond acceptors (Lipinski definition) is 2. The van der Waals surface area contributed by atoms with Gasteiger partial charge in [-0.3, -0.25) is 4.79 Å². The summed E-state index contributed by atoms with van der Waals surface area (Å²) in [5.74, 6) is -0.447. The Kier molecular flexibility index (Phi) is 3.71. The van der Waals surface area contributed by atoms with Crippen molar-refractivity contribution in [2.45, 2.75) is 18.9 Å². The third-order valence-corrected chi connectivity index (χ3v) is 1.05. The van der Waals surface area contributed by atoms with Gasteiger partial charge in [0, 0.05) is 0 Å². The standard InChI is InChI=1S/C6H12N2O/c1-2-3-4-5(7)6(8)9/h2,5H,1,3-4,7H2,(H2,8,9)/t5-/m1/s1. The van der Waals surface area contributed by atoms with Crippen LogP contribution in [0.5, 0.6) is 0 Å². The van der Waals surface area contributed by atoms with Crippen molar-refractivity contribution in [3.63, 3.8) is 0 Å². The summed E-state index contributed by atoms with van der Waals surface area (Å²) >= 11 is 0. The molecule has 0 bridgehead atoms. The molecule has 52 valence electrons. The van der Waals surface area contributed by atoms with Crippen LogP contribution >= 0.6 is 0 Å². The molecule has 3 nitrogen and oxygen atoms in total. The normalized spacial score (nSPS) is 12.6. The summed E-state index contributed by atoms with van der Waals surface area (Å²) in [6.07, 6.45) is 3.05. The second-order valence-electron chi connectivity index (χ2n) is 1.87. The van der Waals surface area contributed by atoms with Crippen molar-refractivity contribution >= 4 is 5.91 Å². The van der Waals surface area contributed by atoms with Crippen molar-refractivity contribution in [2.75, 3.05) is 0 Å². The fourth-order valence-electron chi connectivity index (χ4n) is 0.440. The number of allylic oxidation sites excluding steroid dienone is 1. The predicted octanol–water partition coefficient (Wildman–Crippen LogP) is -0.235. The van der Waals surface area contributed by atoms with Crippen LogP contribution < -0.4 is 11.5 Å². The first-order chi connectivity index (χ1) is 4.18. The van der Waals surface area contributed by atoms with Gasteiger partial charge in [0.1, 0.15) is 0 Å². The summed E-state index contributed by atoms with van der Waals surface area (Å²) in [6, 6.07) is -0.511. The first-order valence-corrected chi connectivity index (χ1v) is 2.84. The number of primary amides is 1. The largest absolute Gasteiger partial charge is 0.368 e. The van der Waals surface area contributed by atoms with E-state index in [4.69, 9.17) is 11.5 Å². The monoisotopic (exact) mass is 128 g/mol. The average Bonchev–Trinajstić information content (AvgIpc) is 1.82. The molecule has 0 aromatic heterocycles. The molecule has 0 aromatic rings. The van der Waals surface area contributed by atoms with Crippen molar-refractivity contribution in [1.29, 1.82) is 0 Å². The third-order valence-electron chi connectivity index (χ3n) is 1.05. The van der Waals surface area contributed by atoms with Crippen LogP contribution in [0, 0.1) is 0 Å². The molecule has 0 heterocycles. The van der Waals surface area contributed by atoms with Crippen LogP contribution in [-0.2, 0) is 4.79 Å². The fraction of sp³-hybridized carbons (Fsp3) is 0.500. The molecule has 9 heavy (non-hydrogen) atoms. The molecule has 0 aliphatic heterocycles. The highest BCUT2D eigenvalue weighted by Gasteiger charge is 2.05. The maximum atomic E-state index is 10.3. The lowest BCUT2D eigenvalue weighted by Crippen LogP contribution is -2.35. The number of hydrogen-bond donors (Lipinski definition) is 2. The van der Waals surface area contributed by atoms with Crippen molar-refractivity contribution in [1.82, 2.24) is 0 Å². The van der Waals surface area contributed by atoms with Crippen molar-refractivity contribution in [3.8, 4) is 0 Å². The van der Waals surface area contributed by atoms with Gasteiger partial charge in [-0.2, -0.15) is 0 Å². The van der Waals surface area contributed by atoms with Gasteiger partial charge in [0.05, 0.1) is 6.04 Å². The molecule has 0 fully saturated rings. The molecule has 0 spiro atoms. The Morgan fingerprint density at radius 1 is 1.78 bits per heavy atom. The van der Waals surface area contributed by atoms with Crippen molar-refractivity contribution < 1.29 is 4.79 Å². The van der Waals surface area contributed by atoms with Gasteiger partial charge in [-0.25, -0.2) is 0 Å². The van der Waals surface area contributed by atoms with Gasteiger partial charge in [0.2, 0.25) is 5.91 Å². The second kappa shape index (κ2) is 4.09. The first-order valence-electron chi connectivity index (χ1n) is 2.84. The predicted molar refractivity (Wildman–Crippen MR) is 36.6 cm³/mol. The zero-order valence-electron chi connectivity index (χ0n) is 5.34. The van der Waals surface area contributed by atoms with Crippen LogP contribution in [0.2, 0.25) is 0 Å². The molecule has 0 aliphatic carbocycles. The Hall–Kier alpha value is -0.830. The van der Waals surface area contributed by atoms with Gasteiger partial charge in [0.15, 0.2) is 0 Å². The molecular weight excluding hydrogens is 116 g/mol. The first kappa shape index (κ1) is 8.17. The van der Waals surface area contributed by atoms with Crippen LogP contribution in [0.3, 0.4) is 0 Å². The average molecular weight is 128 g/mol. The van der Waals surface area contributed by atoms with E-state index in [-0.39, 0.29) is 0 Å². The molecular formula is C6H12N2O. The number of rotatable bonds is 4. The Morgan fingerprint density at radius 2 is 2.33 bits per heavy atom. The molecule has 0 unspecified atom stereocenters. The van der Waals surface area contributed by atoms with Crippen LogP contribution in [0.4, 0.5) is 0 Å². The lowest BCUT2D eigenvalue weighted by molar-refractivity contribution is -0.119. The molecule has 0 rings (SSSR count). The zero-order chi connectivity index (χ0) is 7.28. The van der Waals surface area contributed by atoms with Crippen molar-refractivity contribution in [2.24, 2.45) is 11.5 Å². The van der Waals surface area contributed by atoms with Gasteiger partial charge >= 0.3 is 0 Å². The number of amides is 1. The van der Waals surface area contributed by atoms with E-state index in [1.807, 2.05) is 0 Å². The van der Waals surface area contributed by atoms with Gasteiger partial charge < -0.3 is 11.5 Å². The SMILES string of the molecule is C=CCC[C@@H](N)C(N)=O. The molecule has 0 aromatic carbocycles. The molecule has 0 radical (unpaired) electrons. The van der Waals surface area contributed by atoms with E-state index in [0.29, 0.717) is 6.42 Å². The Bertz CT molecular complexity index is 112. The summed E-state index contributed by atoms with van der Waals surface area (Å²) in [7, 11) is 0. The second-order valence-corrected chi connectivity index (χ2v) is 1.87. The zero-order valence-corrected chi connectivity index (χ0v) is 5.34. The summed E-state index contributed by atoms with van der Waals surface area (Å²) in [5.41, 5.74) is 10.2. The Labute approximate surface area is 54.7 Å². The maximum absolute atomic E-state index is 10.3. The molecule has 1 amide bonds. The smallest absolute Gasteiger partial charge is 0.234 e. The van der Waals surface area contributed by atoms with E-state index in [2.05, 4.69) is 6.58 Å². The summed E-state index contributed by atoms with van der Waals surface area (Å²) in [6.45, 7) is 3.48. The third kappa shape index (κ3) is 3.73. The minimum atomic E-state index is -0.511. The Morgan fingerprint density at radius 3 is 2.67 bits per heavy atom. The van der Waals surface area contributed by atoms with E-state index in [9.17, 15) is 4.79 Å². The van der Waals surface area contributed by atoms with Gasteiger partial charge in [-0.15, -0.1) is 6.58 Å². The summed E-state index contributed by atoms with van der Waals surface area (Å²) in [4.78, 5) is 10.3. The topological polar surface area (TPSA) is 69.1 Å². The van der Waals surface area contributed by atoms with Crippen LogP contribution in [-0.4, -0.2) is 11.9 Å². The van der Waals surface area contributed by atoms with Crippen molar-refractivity contribution in [3.05, 3.63) is 12.7 Å². The molecule has 0 saturated carbocycles. The van der Waals surface area contributed by atoms with Gasteiger partial charge in [-0.1, -0.05) is 6.08 Å². The minimum absolute atomic E-state index is 0.447. The number of nitrogens with two attached hydrogens (primary N) is 2. The summed E-state index contributed by atoms with van der Waals surface area (Å²) < 4.78 is 0. The van der Waals surface area contributed by atoms with Crippen LogP contribution in [0.1, 0.15) is 12.8 Å². The van der Waals surface area contributed by atoms with E-state index in [1.54, 1.807) is 6.08 Å². The van der Waals surface area contributed by atoms with E-state index >= 15 is 0 Å². The highest BCUT2D eigenvalue weighted by Crippen LogP contribution is 1.92. The van der Waals surface area contributed by atoms with Gasteiger partial charge in [0.25, 0.3) is 0 Å². The molecule has 1 atom stereocenters. The van der Waals surface area contributed by atoms with Crippen LogP contribution in [0.25, 0.3) is 0 Å². The highest BCUT2D eigenvalue weighted by atomic mass is 16.1. The summed E-state index contributed by atoms with van der Waals surface area (Å²) in [5, 5.41) is 0. The van der Waals surface area contributed by atoms with Gasteiger partial charge in [-0.05, 0) is 12.8 Å². The molecule has 0 aliphatic rings. The lowest BCUT2D eigenvalue weighted by atomic mass is 10.1. The Balaban J connectivity index is 3.37. The van der Waals surface area contributed by atoms with E-state index in [0.717, 1.165) is 6.42 Å². The van der Waals surface area contributed by atoms with E-state index in [1.165, 1.54) is 0 Å². The van der Waals surface area contributed by atoms with E-state index < -0.39 is 11.9 Å². The maximum Gasteiger partial charge on any atom is 0.234 e. The highest BCUT2D eigenvalue weighted by molar-refractivity contribution is 5.79. The molecule has 0 saturated heterocycles. The van der Waals surface area contributed by atoms with Crippen LogP contribution in [0.15, 0.2) is 12.7 Å². The quantitative estimate of drug-likeness (QED) is 0.513. The number of carbonyl (C=O) groups is 1. The fourth-order valence-corrected chi connectivity index (χ4v) is 0.440. The molecule has 4 N–H and O–H groups in total. The lowest BCUT2D eigenvalue weighted by Gasteiger charge is -2.02. The number of carbonyl (C=O) groups excluding carboxylic acids is 1. The minimum Gasteiger partial charge on any atom is -0.368 e.